The second-order valence-corrected chi connectivity index (χ2v) is 8.02. The summed E-state index contributed by atoms with van der Waals surface area (Å²) < 4.78 is 15.9. The number of ether oxygens (including phenoxy) is 2. The fourth-order valence-electron chi connectivity index (χ4n) is 3.58. The molecule has 0 aliphatic heterocycles. The van der Waals surface area contributed by atoms with Crippen molar-refractivity contribution in [1.29, 1.82) is 0 Å². The van der Waals surface area contributed by atoms with E-state index in [-0.39, 0.29) is 42.5 Å². The van der Waals surface area contributed by atoms with E-state index in [2.05, 4.69) is 10.6 Å². The molecular weight excluding hydrogens is 468 g/mol. The van der Waals surface area contributed by atoms with Gasteiger partial charge in [0.05, 0.1) is 26.7 Å². The number of hydrogen-bond donors (Lipinski definition) is 4. The number of carbonyl (C=O) groups is 2. The Morgan fingerprint density at radius 1 is 0.972 bits per heavy atom. The van der Waals surface area contributed by atoms with Crippen molar-refractivity contribution in [2.75, 3.05) is 20.8 Å². The molecule has 2 amide bonds. The van der Waals surface area contributed by atoms with E-state index in [1.54, 1.807) is 26.2 Å². The van der Waals surface area contributed by atoms with Crippen LogP contribution in [0.3, 0.4) is 0 Å². The van der Waals surface area contributed by atoms with Crippen molar-refractivity contribution in [2.45, 2.75) is 25.8 Å². The van der Waals surface area contributed by atoms with Gasteiger partial charge in [0.1, 0.15) is 11.5 Å². The van der Waals surface area contributed by atoms with E-state index in [0.29, 0.717) is 11.3 Å². The van der Waals surface area contributed by atoms with Crippen LogP contribution in [0.2, 0.25) is 0 Å². The number of amides is 2. The van der Waals surface area contributed by atoms with Crippen LogP contribution in [0.5, 0.6) is 23.0 Å². The second-order valence-electron chi connectivity index (χ2n) is 8.02. The van der Waals surface area contributed by atoms with Gasteiger partial charge in [-0.15, -0.1) is 0 Å². The van der Waals surface area contributed by atoms with Crippen LogP contribution in [0.15, 0.2) is 57.7 Å². The Balaban J connectivity index is 1.71. The number of phenols is 1. The Hall–Kier alpha value is -4.47. The summed E-state index contributed by atoms with van der Waals surface area (Å²) in [6.45, 7) is 1.55. The van der Waals surface area contributed by atoms with E-state index in [0.717, 1.165) is 11.6 Å². The number of benzene rings is 2. The number of aryl methyl sites for hydroxylation is 1. The van der Waals surface area contributed by atoms with E-state index >= 15 is 0 Å². The number of methoxy groups -OCH3 is 2. The largest absolute Gasteiger partial charge is 0.504 e. The minimum Gasteiger partial charge on any atom is -0.504 e. The Kier molecular flexibility index (Phi) is 8.56. The number of carbonyl (C=O) groups excluding carboxylic acids is 2. The highest BCUT2D eigenvalue weighted by molar-refractivity contribution is 5.85. The molecule has 0 aliphatic rings. The SMILES string of the molecule is COc1ccc(CNC(=O)CNC(=O)C[C@H](c2ccc(O)c(OC)c2)c2oc(C)cc(=O)c2O)cc1. The molecule has 3 aromatic rings. The van der Waals surface area contributed by atoms with Gasteiger partial charge in [0.25, 0.3) is 0 Å². The van der Waals surface area contributed by atoms with Gasteiger partial charge < -0.3 is 34.7 Å². The average Bonchev–Trinajstić information content (AvgIpc) is 2.87. The van der Waals surface area contributed by atoms with Gasteiger partial charge in [-0.3, -0.25) is 14.4 Å². The highest BCUT2D eigenvalue weighted by Gasteiger charge is 2.27. The molecule has 36 heavy (non-hydrogen) atoms. The summed E-state index contributed by atoms with van der Waals surface area (Å²) in [5, 5.41) is 25.6. The van der Waals surface area contributed by atoms with E-state index in [4.69, 9.17) is 13.9 Å². The lowest BCUT2D eigenvalue weighted by molar-refractivity contribution is -0.126. The molecule has 0 radical (unpaired) electrons. The van der Waals surface area contributed by atoms with Crippen LogP contribution in [-0.2, 0) is 16.1 Å². The lowest BCUT2D eigenvalue weighted by Gasteiger charge is -2.19. The van der Waals surface area contributed by atoms with Gasteiger partial charge in [-0.1, -0.05) is 18.2 Å². The van der Waals surface area contributed by atoms with E-state index < -0.39 is 28.9 Å². The van der Waals surface area contributed by atoms with Crippen LogP contribution >= 0.6 is 0 Å². The monoisotopic (exact) mass is 496 g/mol. The number of rotatable bonds is 10. The van der Waals surface area contributed by atoms with E-state index in [1.165, 1.54) is 25.3 Å². The smallest absolute Gasteiger partial charge is 0.239 e. The third-order valence-corrected chi connectivity index (χ3v) is 5.48. The maximum Gasteiger partial charge on any atom is 0.239 e. The zero-order valence-corrected chi connectivity index (χ0v) is 20.2. The van der Waals surface area contributed by atoms with Crippen molar-refractivity contribution in [3.05, 3.63) is 81.4 Å². The van der Waals surface area contributed by atoms with Crippen LogP contribution in [0.25, 0.3) is 0 Å². The molecular formula is C26H28N2O8. The molecule has 2 aromatic carbocycles. The van der Waals surface area contributed by atoms with Gasteiger partial charge in [0, 0.05) is 19.0 Å². The van der Waals surface area contributed by atoms with Gasteiger partial charge in [-0.2, -0.15) is 0 Å². The molecule has 0 saturated carbocycles. The molecule has 0 saturated heterocycles. The molecule has 190 valence electrons. The minimum absolute atomic E-state index is 0.105. The van der Waals surface area contributed by atoms with Gasteiger partial charge in [-0.25, -0.2) is 0 Å². The van der Waals surface area contributed by atoms with Crippen LogP contribution in [-0.4, -0.2) is 42.8 Å². The summed E-state index contributed by atoms with van der Waals surface area (Å²) in [6.07, 6.45) is -0.250. The summed E-state index contributed by atoms with van der Waals surface area (Å²) >= 11 is 0. The van der Waals surface area contributed by atoms with Crippen LogP contribution in [0.1, 0.15) is 35.0 Å². The lowest BCUT2D eigenvalue weighted by atomic mass is 9.91. The Morgan fingerprint density at radius 2 is 1.69 bits per heavy atom. The summed E-state index contributed by atoms with van der Waals surface area (Å²) in [4.78, 5) is 37.2. The van der Waals surface area contributed by atoms with Gasteiger partial charge >= 0.3 is 0 Å². The maximum absolute atomic E-state index is 12.8. The summed E-state index contributed by atoms with van der Waals surface area (Å²) in [6, 6.07) is 12.7. The Morgan fingerprint density at radius 3 is 2.36 bits per heavy atom. The number of aromatic hydroxyl groups is 2. The normalized spacial score (nSPS) is 11.4. The summed E-state index contributed by atoms with van der Waals surface area (Å²) in [5.74, 6) is -1.56. The van der Waals surface area contributed by atoms with E-state index in [9.17, 15) is 24.6 Å². The van der Waals surface area contributed by atoms with Crippen molar-refractivity contribution >= 4 is 11.8 Å². The van der Waals surface area contributed by atoms with Gasteiger partial charge in [0.2, 0.25) is 23.0 Å². The average molecular weight is 497 g/mol. The number of nitrogens with one attached hydrogen (secondary N) is 2. The molecule has 1 atom stereocenters. The zero-order chi connectivity index (χ0) is 26.2. The molecule has 0 fully saturated rings. The molecule has 0 spiro atoms. The molecule has 10 nitrogen and oxygen atoms in total. The second kappa shape index (κ2) is 11.8. The van der Waals surface area contributed by atoms with E-state index in [1.807, 2.05) is 12.1 Å². The first kappa shape index (κ1) is 26.1. The predicted molar refractivity (Wildman–Crippen MR) is 130 cm³/mol. The summed E-state index contributed by atoms with van der Waals surface area (Å²) in [7, 11) is 2.94. The highest BCUT2D eigenvalue weighted by atomic mass is 16.5. The molecule has 1 heterocycles. The molecule has 0 bridgehead atoms. The van der Waals surface area contributed by atoms with Crippen molar-refractivity contribution in [2.24, 2.45) is 0 Å². The van der Waals surface area contributed by atoms with Crippen LogP contribution < -0.4 is 25.5 Å². The first-order valence-electron chi connectivity index (χ1n) is 11.1. The third kappa shape index (κ3) is 6.56. The molecule has 0 aliphatic carbocycles. The lowest BCUT2D eigenvalue weighted by Crippen LogP contribution is -2.37. The Labute approximate surface area is 207 Å². The fourth-order valence-corrected chi connectivity index (χ4v) is 3.58. The molecule has 0 unspecified atom stereocenters. The van der Waals surface area contributed by atoms with Gasteiger partial charge in [-0.05, 0) is 42.3 Å². The fraction of sp³-hybridized carbons (Fsp3) is 0.269. The maximum atomic E-state index is 12.8. The van der Waals surface area contributed by atoms with Crippen molar-refractivity contribution in [3.63, 3.8) is 0 Å². The molecule has 3 rings (SSSR count). The number of phenolic OH excluding ortho intramolecular Hbond substituents is 1. The molecule has 1 aromatic heterocycles. The first-order chi connectivity index (χ1) is 17.2. The minimum atomic E-state index is -0.894. The van der Waals surface area contributed by atoms with Crippen molar-refractivity contribution in [1.82, 2.24) is 10.6 Å². The Bertz CT molecular complexity index is 1280. The van der Waals surface area contributed by atoms with Gasteiger partial charge in [0.15, 0.2) is 17.3 Å². The molecule has 10 heteroatoms. The van der Waals surface area contributed by atoms with Crippen molar-refractivity contribution in [3.8, 4) is 23.0 Å². The molecule has 4 N–H and O–H groups in total. The van der Waals surface area contributed by atoms with Crippen molar-refractivity contribution < 1.29 is 33.7 Å². The third-order valence-electron chi connectivity index (χ3n) is 5.48. The summed E-state index contributed by atoms with van der Waals surface area (Å²) in [5.41, 5.74) is 0.664. The highest BCUT2D eigenvalue weighted by Crippen LogP contribution is 2.37. The quantitative estimate of drug-likeness (QED) is 0.334. The predicted octanol–water partition coefficient (Wildman–Crippen LogP) is 2.33. The van der Waals surface area contributed by atoms with Crippen LogP contribution in [0.4, 0.5) is 0 Å². The van der Waals surface area contributed by atoms with Crippen LogP contribution in [0, 0.1) is 6.92 Å². The standard InChI is InChI=1S/C26H28N2O8/c1-15-10-21(30)25(33)26(36-15)19(17-6-9-20(29)22(11-17)35-3)12-23(31)28-14-24(32)27-13-16-4-7-18(34-2)8-5-16/h4-11,19,29,33H,12-14H2,1-3H3,(H,27,32)(H,28,31)/t19-/m1/s1. The zero-order valence-electron chi connectivity index (χ0n) is 20.2. The first-order valence-corrected chi connectivity index (χ1v) is 11.1. The number of hydrogen-bond acceptors (Lipinski definition) is 8. The topological polar surface area (TPSA) is 147 Å².